The summed E-state index contributed by atoms with van der Waals surface area (Å²) in [6.45, 7) is 1.59. The number of amides is 1. The fourth-order valence-electron chi connectivity index (χ4n) is 1.90. The molecule has 1 saturated carbocycles. The quantitative estimate of drug-likeness (QED) is 0.709. The highest BCUT2D eigenvalue weighted by Crippen LogP contribution is 2.30. The normalized spacial score (nSPS) is 19.4. The summed E-state index contributed by atoms with van der Waals surface area (Å²) >= 11 is 0. The molecule has 0 aromatic carbocycles. The Morgan fingerprint density at radius 1 is 1.38 bits per heavy atom. The smallest absolute Gasteiger partial charge is 0.331 e. The van der Waals surface area contributed by atoms with Gasteiger partial charge in [0.05, 0.1) is 13.2 Å². The van der Waals surface area contributed by atoms with E-state index in [1.165, 1.54) is 7.11 Å². The van der Waals surface area contributed by atoms with E-state index in [1.807, 2.05) is 0 Å². The van der Waals surface area contributed by atoms with E-state index < -0.39 is 11.6 Å². The molecule has 1 fully saturated rings. The first kappa shape index (κ1) is 15.2. The summed E-state index contributed by atoms with van der Waals surface area (Å²) in [5, 5.41) is 2.70. The second kappa shape index (κ2) is 6.06. The molecule has 0 bridgehead atoms. The number of methoxy groups -OCH3 is 1. The number of esters is 1. The van der Waals surface area contributed by atoms with Crippen LogP contribution in [0.25, 0.3) is 0 Å². The van der Waals surface area contributed by atoms with Gasteiger partial charge < -0.3 is 15.8 Å². The highest BCUT2D eigenvalue weighted by molar-refractivity contribution is 5.90. The fourth-order valence-corrected chi connectivity index (χ4v) is 1.90. The Bertz CT molecular complexity index is 263. The second-order valence-electron chi connectivity index (χ2n) is 4.06. The molecule has 1 aliphatic carbocycles. The molecule has 1 rings (SSSR count). The molecule has 0 unspecified atom stereocenters. The molecule has 1 atom stereocenters. The number of rotatable bonds is 3. The molecule has 3 N–H and O–H groups in total. The summed E-state index contributed by atoms with van der Waals surface area (Å²) in [5.41, 5.74) is 4.62. The molecular formula is C10H19ClN2O3. The third-order valence-electron chi connectivity index (χ3n) is 2.81. The van der Waals surface area contributed by atoms with E-state index in [0.29, 0.717) is 12.8 Å². The molecule has 1 aliphatic rings. The van der Waals surface area contributed by atoms with Gasteiger partial charge in [-0.1, -0.05) is 12.8 Å². The van der Waals surface area contributed by atoms with Gasteiger partial charge in [-0.05, 0) is 19.8 Å². The third kappa shape index (κ3) is 3.09. The number of ether oxygens (including phenoxy) is 1. The van der Waals surface area contributed by atoms with Crippen molar-refractivity contribution in [2.45, 2.75) is 44.2 Å². The number of hydrogen-bond acceptors (Lipinski definition) is 4. The summed E-state index contributed by atoms with van der Waals surface area (Å²) in [7, 11) is 1.33. The number of hydrogen-bond donors (Lipinski definition) is 2. The Hall–Kier alpha value is -0.810. The van der Waals surface area contributed by atoms with Crippen LogP contribution in [0.4, 0.5) is 0 Å². The second-order valence-corrected chi connectivity index (χ2v) is 4.06. The zero-order valence-corrected chi connectivity index (χ0v) is 10.4. The van der Waals surface area contributed by atoms with Crippen LogP contribution in [0.2, 0.25) is 0 Å². The summed E-state index contributed by atoms with van der Waals surface area (Å²) < 4.78 is 4.72. The minimum absolute atomic E-state index is 0. The van der Waals surface area contributed by atoms with Gasteiger partial charge in [-0.2, -0.15) is 0 Å². The largest absolute Gasteiger partial charge is 0.467 e. The molecule has 16 heavy (non-hydrogen) atoms. The van der Waals surface area contributed by atoms with Crippen LogP contribution in [0.5, 0.6) is 0 Å². The van der Waals surface area contributed by atoms with Crippen LogP contribution >= 0.6 is 12.4 Å². The third-order valence-corrected chi connectivity index (χ3v) is 2.81. The monoisotopic (exact) mass is 250 g/mol. The van der Waals surface area contributed by atoms with Gasteiger partial charge in [0.25, 0.3) is 0 Å². The minimum atomic E-state index is -0.834. The van der Waals surface area contributed by atoms with Crippen molar-refractivity contribution < 1.29 is 14.3 Å². The van der Waals surface area contributed by atoms with Crippen LogP contribution in [0.1, 0.15) is 32.6 Å². The number of nitrogens with two attached hydrogens (primary N) is 1. The Labute approximate surface area is 101 Å². The van der Waals surface area contributed by atoms with Gasteiger partial charge in [-0.15, -0.1) is 12.4 Å². The number of nitrogens with one attached hydrogen (secondary N) is 1. The molecule has 1 amide bonds. The highest BCUT2D eigenvalue weighted by Gasteiger charge is 2.43. The molecule has 5 nitrogen and oxygen atoms in total. The van der Waals surface area contributed by atoms with Gasteiger partial charge in [0.15, 0.2) is 0 Å². The van der Waals surface area contributed by atoms with Gasteiger partial charge >= 0.3 is 5.97 Å². The number of carbonyl (C=O) groups excluding carboxylic acids is 2. The van der Waals surface area contributed by atoms with E-state index in [4.69, 9.17) is 10.5 Å². The SMILES string of the molecule is COC(=O)C1(NC(=O)[C@H](C)N)CCCC1.Cl. The average molecular weight is 251 g/mol. The van der Waals surface area contributed by atoms with Gasteiger partial charge in [0.1, 0.15) is 5.54 Å². The molecule has 0 aromatic heterocycles. The van der Waals surface area contributed by atoms with Crippen molar-refractivity contribution in [2.24, 2.45) is 5.73 Å². The lowest BCUT2D eigenvalue weighted by molar-refractivity contribution is -0.150. The Morgan fingerprint density at radius 3 is 2.25 bits per heavy atom. The predicted molar refractivity (Wildman–Crippen MR) is 62.3 cm³/mol. The van der Waals surface area contributed by atoms with Crippen LogP contribution in [-0.4, -0.2) is 30.6 Å². The maximum atomic E-state index is 11.6. The van der Waals surface area contributed by atoms with Gasteiger partial charge in [-0.3, -0.25) is 4.79 Å². The summed E-state index contributed by atoms with van der Waals surface area (Å²) in [5.74, 6) is -0.670. The van der Waals surface area contributed by atoms with Crippen molar-refractivity contribution in [2.75, 3.05) is 7.11 Å². The maximum absolute atomic E-state index is 11.6. The van der Waals surface area contributed by atoms with Gasteiger partial charge in [0.2, 0.25) is 5.91 Å². The summed E-state index contributed by atoms with van der Waals surface area (Å²) in [4.78, 5) is 23.1. The summed E-state index contributed by atoms with van der Waals surface area (Å²) in [6, 6.07) is -0.605. The van der Waals surface area contributed by atoms with Crippen molar-refractivity contribution in [1.29, 1.82) is 0 Å². The van der Waals surface area contributed by atoms with Crippen molar-refractivity contribution in [3.63, 3.8) is 0 Å². The lowest BCUT2D eigenvalue weighted by Crippen LogP contribution is -2.56. The Balaban J connectivity index is 0.00000225. The fraction of sp³-hybridized carbons (Fsp3) is 0.800. The lowest BCUT2D eigenvalue weighted by atomic mass is 9.97. The first-order chi connectivity index (χ1) is 7.02. The van der Waals surface area contributed by atoms with E-state index in [0.717, 1.165) is 12.8 Å². The molecular weight excluding hydrogens is 232 g/mol. The number of carbonyl (C=O) groups is 2. The lowest BCUT2D eigenvalue weighted by Gasteiger charge is -2.27. The minimum Gasteiger partial charge on any atom is -0.467 e. The molecule has 0 heterocycles. The van der Waals surface area contributed by atoms with Crippen LogP contribution in [0.3, 0.4) is 0 Å². The van der Waals surface area contributed by atoms with Gasteiger partial charge in [-0.25, -0.2) is 4.79 Å². The standard InChI is InChI=1S/C10H18N2O3.ClH/c1-7(11)8(13)12-10(9(14)15-2)5-3-4-6-10;/h7H,3-6,11H2,1-2H3,(H,12,13);1H/t7-;/m0./s1. The number of halogens is 1. The zero-order valence-electron chi connectivity index (χ0n) is 9.62. The van der Waals surface area contributed by atoms with Crippen molar-refractivity contribution >= 4 is 24.3 Å². The average Bonchev–Trinajstić information content (AvgIpc) is 2.66. The molecule has 0 saturated heterocycles. The molecule has 0 aromatic rings. The van der Waals surface area contributed by atoms with Gasteiger partial charge in [0, 0.05) is 0 Å². The predicted octanol–water partition coefficient (Wildman–Crippen LogP) is 0.357. The Kier molecular flexibility index (Phi) is 5.75. The first-order valence-electron chi connectivity index (χ1n) is 5.18. The van der Waals surface area contributed by atoms with Crippen LogP contribution in [0.15, 0.2) is 0 Å². The first-order valence-corrected chi connectivity index (χ1v) is 5.18. The maximum Gasteiger partial charge on any atom is 0.331 e. The van der Waals surface area contributed by atoms with Crippen molar-refractivity contribution in [1.82, 2.24) is 5.32 Å². The highest BCUT2D eigenvalue weighted by atomic mass is 35.5. The van der Waals surface area contributed by atoms with E-state index in [9.17, 15) is 9.59 Å². The molecule has 0 radical (unpaired) electrons. The Morgan fingerprint density at radius 2 is 1.88 bits per heavy atom. The molecule has 0 spiro atoms. The molecule has 94 valence electrons. The van der Waals surface area contributed by atoms with E-state index >= 15 is 0 Å². The van der Waals surface area contributed by atoms with Crippen LogP contribution in [0, 0.1) is 0 Å². The topological polar surface area (TPSA) is 81.4 Å². The van der Waals surface area contributed by atoms with Crippen LogP contribution in [-0.2, 0) is 14.3 Å². The van der Waals surface area contributed by atoms with E-state index in [1.54, 1.807) is 6.92 Å². The van der Waals surface area contributed by atoms with E-state index in [-0.39, 0.29) is 24.3 Å². The van der Waals surface area contributed by atoms with Crippen LogP contribution < -0.4 is 11.1 Å². The van der Waals surface area contributed by atoms with Crippen molar-refractivity contribution in [3.05, 3.63) is 0 Å². The summed E-state index contributed by atoms with van der Waals surface area (Å²) in [6.07, 6.45) is 3.12. The zero-order chi connectivity index (χ0) is 11.5. The molecule has 6 heteroatoms. The molecule has 0 aliphatic heterocycles. The van der Waals surface area contributed by atoms with Crippen molar-refractivity contribution in [3.8, 4) is 0 Å². The van der Waals surface area contributed by atoms with E-state index in [2.05, 4.69) is 5.32 Å².